The van der Waals surface area contributed by atoms with Crippen LogP contribution in [0.3, 0.4) is 0 Å². The van der Waals surface area contributed by atoms with Crippen LogP contribution < -0.4 is 0 Å². The summed E-state index contributed by atoms with van der Waals surface area (Å²) in [6.07, 6.45) is 1.71. The Labute approximate surface area is 247 Å². The Morgan fingerprint density at radius 1 is 0.395 bits per heavy atom. The van der Waals surface area contributed by atoms with Gasteiger partial charge in [0.25, 0.3) is 0 Å². The molecule has 0 saturated heterocycles. The van der Waals surface area contributed by atoms with E-state index in [0.717, 1.165) is 54.7 Å². The maximum atomic E-state index is 10.6. The Bertz CT molecular complexity index is 2190. The van der Waals surface area contributed by atoms with E-state index < -0.39 is 0 Å². The van der Waals surface area contributed by atoms with Crippen LogP contribution in [0.4, 0.5) is 0 Å². The average molecular weight is 553 g/mol. The number of pyridine rings is 1. The van der Waals surface area contributed by atoms with Crippen LogP contribution in [0.15, 0.2) is 140 Å². The summed E-state index contributed by atoms with van der Waals surface area (Å²) in [6, 6.07) is 44.5. The van der Waals surface area contributed by atoms with Crippen LogP contribution in [0, 0.1) is 0 Å². The summed E-state index contributed by atoms with van der Waals surface area (Å²) in [4.78, 5) is 19.6. The van der Waals surface area contributed by atoms with Gasteiger partial charge in [-0.1, -0.05) is 115 Å². The van der Waals surface area contributed by atoms with Gasteiger partial charge in [0.15, 0.2) is 17.5 Å². The van der Waals surface area contributed by atoms with Gasteiger partial charge in [0.1, 0.15) is 11.3 Å². The third-order valence-electron chi connectivity index (χ3n) is 7.87. The maximum absolute atomic E-state index is 10.6. The van der Waals surface area contributed by atoms with Crippen LogP contribution in [-0.2, 0) is 0 Å². The molecule has 0 aliphatic rings. The van der Waals surface area contributed by atoms with Crippen LogP contribution in [0.2, 0.25) is 0 Å². The van der Waals surface area contributed by atoms with E-state index in [4.69, 9.17) is 15.0 Å². The van der Waals surface area contributed by atoms with Crippen molar-refractivity contribution in [2.24, 2.45) is 0 Å². The van der Waals surface area contributed by atoms with Crippen LogP contribution >= 0.6 is 0 Å². The highest BCUT2D eigenvalue weighted by Crippen LogP contribution is 2.45. The van der Waals surface area contributed by atoms with Crippen molar-refractivity contribution in [2.45, 2.75) is 0 Å². The Morgan fingerprint density at radius 3 is 1.42 bits per heavy atom. The monoisotopic (exact) mass is 552 g/mol. The van der Waals surface area contributed by atoms with E-state index in [1.807, 2.05) is 78.9 Å². The van der Waals surface area contributed by atoms with Crippen molar-refractivity contribution in [2.75, 3.05) is 0 Å². The van der Waals surface area contributed by atoms with Gasteiger partial charge in [0.2, 0.25) is 0 Å². The fraction of sp³-hybridized carbons (Fsp3) is 0. The molecule has 0 radical (unpaired) electrons. The molecule has 0 aliphatic heterocycles. The van der Waals surface area contributed by atoms with E-state index in [1.54, 1.807) is 12.3 Å². The largest absolute Gasteiger partial charge is 0.506 e. The van der Waals surface area contributed by atoms with Gasteiger partial charge in [-0.2, -0.15) is 0 Å². The molecule has 0 fully saturated rings. The van der Waals surface area contributed by atoms with E-state index in [2.05, 4.69) is 53.5 Å². The van der Waals surface area contributed by atoms with Crippen molar-refractivity contribution in [3.63, 3.8) is 0 Å². The second-order valence-corrected chi connectivity index (χ2v) is 10.4. The lowest BCUT2D eigenvalue weighted by Crippen LogP contribution is -2.01. The van der Waals surface area contributed by atoms with Gasteiger partial charge < -0.3 is 5.11 Å². The second kappa shape index (κ2) is 10.2. The minimum atomic E-state index is 0.164. The maximum Gasteiger partial charge on any atom is 0.165 e. The van der Waals surface area contributed by atoms with Crippen LogP contribution in [0.5, 0.6) is 5.75 Å². The zero-order valence-electron chi connectivity index (χ0n) is 23.0. The molecular formula is C38H24N4O. The Balaban J connectivity index is 1.49. The predicted octanol–water partition coefficient (Wildman–Crippen LogP) is 9.10. The second-order valence-electron chi connectivity index (χ2n) is 10.4. The fourth-order valence-electron chi connectivity index (χ4n) is 5.96. The first-order valence-electron chi connectivity index (χ1n) is 14.1. The summed E-state index contributed by atoms with van der Waals surface area (Å²) in [5.41, 5.74) is 5.47. The molecule has 6 aromatic carbocycles. The lowest BCUT2D eigenvalue weighted by atomic mass is 9.86. The molecular weight excluding hydrogens is 528 g/mol. The summed E-state index contributed by atoms with van der Waals surface area (Å²) in [5, 5.41) is 15.7. The number of hydrogen-bond acceptors (Lipinski definition) is 5. The van der Waals surface area contributed by atoms with Crippen molar-refractivity contribution < 1.29 is 5.11 Å². The molecule has 0 atom stereocenters. The molecule has 0 spiro atoms. The van der Waals surface area contributed by atoms with E-state index >= 15 is 0 Å². The Morgan fingerprint density at radius 2 is 0.860 bits per heavy atom. The minimum absolute atomic E-state index is 0.164. The molecule has 8 rings (SSSR count). The smallest absolute Gasteiger partial charge is 0.165 e. The molecule has 202 valence electrons. The third kappa shape index (κ3) is 4.18. The number of nitrogens with zero attached hydrogens (tertiary/aromatic N) is 4. The molecule has 1 N–H and O–H groups in total. The van der Waals surface area contributed by atoms with E-state index in [0.29, 0.717) is 23.0 Å². The zero-order chi connectivity index (χ0) is 28.8. The first-order chi connectivity index (χ1) is 21.3. The molecule has 5 nitrogen and oxygen atoms in total. The molecule has 2 aromatic heterocycles. The highest BCUT2D eigenvalue weighted by Gasteiger charge is 2.21. The molecule has 0 aliphatic carbocycles. The number of phenols is 1. The molecule has 0 bridgehead atoms. The standard InChI is InChI=1S/C38H24N4O/c43-32-22-21-30(31-20-11-23-39-35(31)32)33-26-16-7-9-18-28(26)34(29-19-10-8-17-27(29)33)38-41-36(24-12-3-1-4-13-24)40-37(42-38)25-14-5-2-6-15-25/h1-23,43H. The number of benzene rings is 6. The van der Waals surface area contributed by atoms with E-state index in [9.17, 15) is 5.11 Å². The number of aromatic hydroxyl groups is 1. The van der Waals surface area contributed by atoms with Gasteiger partial charge in [0.05, 0.1) is 0 Å². The number of phenolic OH excluding ortho intramolecular Hbond substituents is 1. The summed E-state index contributed by atoms with van der Waals surface area (Å²) in [5.74, 6) is 2.02. The highest BCUT2D eigenvalue weighted by atomic mass is 16.3. The fourth-order valence-corrected chi connectivity index (χ4v) is 5.96. The Kier molecular flexibility index (Phi) is 5.86. The highest BCUT2D eigenvalue weighted by molar-refractivity contribution is 6.23. The van der Waals surface area contributed by atoms with Gasteiger partial charge in [-0.25, -0.2) is 15.0 Å². The molecule has 0 unspecified atom stereocenters. The minimum Gasteiger partial charge on any atom is -0.506 e. The van der Waals surface area contributed by atoms with Gasteiger partial charge in [-0.15, -0.1) is 0 Å². The van der Waals surface area contributed by atoms with Gasteiger partial charge >= 0.3 is 0 Å². The molecule has 43 heavy (non-hydrogen) atoms. The molecule has 2 heterocycles. The van der Waals surface area contributed by atoms with Crippen LogP contribution in [0.1, 0.15) is 0 Å². The number of rotatable bonds is 4. The van der Waals surface area contributed by atoms with Crippen molar-refractivity contribution in [3.05, 3.63) is 140 Å². The third-order valence-corrected chi connectivity index (χ3v) is 7.87. The lowest BCUT2D eigenvalue weighted by Gasteiger charge is -2.18. The molecule has 0 saturated carbocycles. The van der Waals surface area contributed by atoms with Crippen LogP contribution in [-0.4, -0.2) is 25.0 Å². The Hall–Kier alpha value is -5.94. The van der Waals surface area contributed by atoms with E-state index in [1.165, 1.54) is 0 Å². The molecule has 8 aromatic rings. The van der Waals surface area contributed by atoms with Crippen molar-refractivity contribution in [3.8, 4) is 51.0 Å². The van der Waals surface area contributed by atoms with Gasteiger partial charge in [-0.3, -0.25) is 4.98 Å². The average Bonchev–Trinajstić information content (AvgIpc) is 3.08. The SMILES string of the molecule is Oc1ccc(-c2c3ccccc3c(-c3nc(-c4ccccc4)nc(-c4ccccc4)n3)c3ccccc23)c2cccnc12. The summed E-state index contributed by atoms with van der Waals surface area (Å²) in [7, 11) is 0. The van der Waals surface area contributed by atoms with Crippen molar-refractivity contribution >= 4 is 32.4 Å². The number of aromatic nitrogens is 4. The van der Waals surface area contributed by atoms with E-state index in [-0.39, 0.29) is 5.75 Å². The number of fused-ring (bicyclic) bond motifs is 3. The first kappa shape index (κ1) is 24.8. The summed E-state index contributed by atoms with van der Waals surface area (Å²) in [6.45, 7) is 0. The van der Waals surface area contributed by atoms with Gasteiger partial charge in [-0.05, 0) is 50.9 Å². The lowest BCUT2D eigenvalue weighted by molar-refractivity contribution is 0.480. The predicted molar refractivity (Wildman–Crippen MR) is 174 cm³/mol. The van der Waals surface area contributed by atoms with Gasteiger partial charge in [0, 0.05) is 28.3 Å². The van der Waals surface area contributed by atoms with Crippen molar-refractivity contribution in [1.29, 1.82) is 0 Å². The zero-order valence-corrected chi connectivity index (χ0v) is 23.0. The first-order valence-corrected chi connectivity index (χ1v) is 14.1. The summed E-state index contributed by atoms with van der Waals surface area (Å²) >= 11 is 0. The number of hydrogen-bond donors (Lipinski definition) is 1. The summed E-state index contributed by atoms with van der Waals surface area (Å²) < 4.78 is 0. The topological polar surface area (TPSA) is 71.8 Å². The quantitative estimate of drug-likeness (QED) is 0.221. The molecule has 0 amide bonds. The van der Waals surface area contributed by atoms with Crippen molar-refractivity contribution in [1.82, 2.24) is 19.9 Å². The normalized spacial score (nSPS) is 11.3. The van der Waals surface area contributed by atoms with Crippen LogP contribution in [0.25, 0.3) is 77.7 Å². The molecule has 5 heteroatoms.